The Labute approximate surface area is 166 Å². The van der Waals surface area contributed by atoms with Crippen molar-refractivity contribution in [3.8, 4) is 0 Å². The van der Waals surface area contributed by atoms with E-state index in [1.165, 1.54) is 12.1 Å². The first-order valence-electron chi connectivity index (χ1n) is 9.63. The molecule has 0 radical (unpaired) electrons. The van der Waals surface area contributed by atoms with Gasteiger partial charge in [0.05, 0.1) is 10.6 Å². The zero-order chi connectivity index (χ0) is 20.2. The number of sulfone groups is 1. The molecule has 150 valence electrons. The molecule has 1 amide bonds. The summed E-state index contributed by atoms with van der Waals surface area (Å²) in [6.45, 7) is 2.34. The van der Waals surface area contributed by atoms with E-state index in [0.29, 0.717) is 6.54 Å². The number of rotatable bonds is 7. The predicted octanol–water partition coefficient (Wildman–Crippen LogP) is 3.93. The summed E-state index contributed by atoms with van der Waals surface area (Å²) in [5, 5.41) is 2.91. The lowest BCUT2D eigenvalue weighted by molar-refractivity contribution is -0.121. The van der Waals surface area contributed by atoms with Crippen LogP contribution in [0.5, 0.6) is 0 Å². The first kappa shape index (κ1) is 20.5. The fraction of sp³-hybridized carbons (Fsp3) is 0.409. The molecule has 4 nitrogen and oxygen atoms in total. The van der Waals surface area contributed by atoms with Crippen LogP contribution < -0.4 is 5.32 Å². The number of hydrogen-bond acceptors (Lipinski definition) is 3. The standard InChI is InChI=1S/C22H26FNO3S/c1-17-4-10-20(11-5-17)28(26,27)15-12-21(25)24-16-22(13-2-3-14-22)18-6-8-19(23)9-7-18/h4-11H,2-3,12-16H2,1H3,(H,24,25). The second-order valence-electron chi connectivity index (χ2n) is 7.65. The number of halogens is 1. The minimum absolute atomic E-state index is 0.0737. The topological polar surface area (TPSA) is 63.2 Å². The summed E-state index contributed by atoms with van der Waals surface area (Å²) < 4.78 is 38.1. The maximum Gasteiger partial charge on any atom is 0.221 e. The summed E-state index contributed by atoms with van der Waals surface area (Å²) in [7, 11) is -3.48. The van der Waals surface area contributed by atoms with Crippen LogP contribution in [0.25, 0.3) is 0 Å². The van der Waals surface area contributed by atoms with Gasteiger partial charge in [-0.05, 0) is 49.6 Å². The molecular formula is C22H26FNO3S. The Morgan fingerprint density at radius 3 is 2.25 bits per heavy atom. The normalized spacial score (nSPS) is 16.1. The van der Waals surface area contributed by atoms with Gasteiger partial charge in [-0.25, -0.2) is 12.8 Å². The largest absolute Gasteiger partial charge is 0.355 e. The molecule has 28 heavy (non-hydrogen) atoms. The van der Waals surface area contributed by atoms with Gasteiger partial charge in [0.1, 0.15) is 5.82 Å². The van der Waals surface area contributed by atoms with Crippen LogP contribution in [-0.2, 0) is 20.0 Å². The van der Waals surface area contributed by atoms with E-state index in [2.05, 4.69) is 5.32 Å². The van der Waals surface area contributed by atoms with Crippen LogP contribution in [0.1, 0.15) is 43.2 Å². The Balaban J connectivity index is 1.59. The maximum atomic E-state index is 13.3. The molecule has 0 aromatic heterocycles. The molecule has 1 aliphatic carbocycles. The summed E-state index contributed by atoms with van der Waals surface area (Å²) in [4.78, 5) is 12.6. The molecule has 1 fully saturated rings. The average molecular weight is 404 g/mol. The minimum Gasteiger partial charge on any atom is -0.355 e. The number of carbonyl (C=O) groups excluding carboxylic acids is 1. The van der Waals surface area contributed by atoms with E-state index in [1.54, 1.807) is 36.4 Å². The fourth-order valence-corrected chi connectivity index (χ4v) is 5.11. The second kappa shape index (κ2) is 8.43. The number of carbonyl (C=O) groups is 1. The number of aryl methyl sites for hydroxylation is 1. The van der Waals surface area contributed by atoms with E-state index in [4.69, 9.17) is 0 Å². The molecule has 0 aliphatic heterocycles. The highest BCUT2D eigenvalue weighted by Crippen LogP contribution is 2.40. The highest BCUT2D eigenvalue weighted by molar-refractivity contribution is 7.91. The number of nitrogens with one attached hydrogen (secondary N) is 1. The molecular weight excluding hydrogens is 377 g/mol. The van der Waals surface area contributed by atoms with Crippen LogP contribution in [0, 0.1) is 12.7 Å². The number of hydrogen-bond donors (Lipinski definition) is 1. The summed E-state index contributed by atoms with van der Waals surface area (Å²) in [5.41, 5.74) is 1.82. The molecule has 2 aromatic carbocycles. The van der Waals surface area contributed by atoms with Crippen molar-refractivity contribution >= 4 is 15.7 Å². The first-order chi connectivity index (χ1) is 13.3. The lowest BCUT2D eigenvalue weighted by Gasteiger charge is -2.30. The lowest BCUT2D eigenvalue weighted by atomic mass is 9.79. The molecule has 2 aromatic rings. The summed E-state index contributed by atoms with van der Waals surface area (Å²) >= 11 is 0. The number of benzene rings is 2. The first-order valence-corrected chi connectivity index (χ1v) is 11.3. The highest BCUT2D eigenvalue weighted by Gasteiger charge is 2.36. The SMILES string of the molecule is Cc1ccc(S(=O)(=O)CCC(=O)NCC2(c3ccc(F)cc3)CCCC2)cc1. The van der Waals surface area contributed by atoms with Crippen molar-refractivity contribution in [3.63, 3.8) is 0 Å². The van der Waals surface area contributed by atoms with Crippen LogP contribution >= 0.6 is 0 Å². The average Bonchev–Trinajstić information content (AvgIpc) is 3.16. The van der Waals surface area contributed by atoms with Gasteiger partial charge in [-0.15, -0.1) is 0 Å². The van der Waals surface area contributed by atoms with Crippen molar-refractivity contribution in [1.29, 1.82) is 0 Å². The summed E-state index contributed by atoms with van der Waals surface area (Å²) in [6.07, 6.45) is 3.92. The van der Waals surface area contributed by atoms with Crippen LogP contribution in [0.2, 0.25) is 0 Å². The van der Waals surface area contributed by atoms with Crippen molar-refractivity contribution in [1.82, 2.24) is 5.32 Å². The Kier molecular flexibility index (Phi) is 6.18. The second-order valence-corrected chi connectivity index (χ2v) is 9.76. The Morgan fingerprint density at radius 2 is 1.64 bits per heavy atom. The molecule has 0 atom stereocenters. The molecule has 0 spiro atoms. The molecule has 3 rings (SSSR count). The number of amides is 1. The van der Waals surface area contributed by atoms with Gasteiger partial charge in [-0.3, -0.25) is 4.79 Å². The molecule has 0 unspecified atom stereocenters. The van der Waals surface area contributed by atoms with E-state index >= 15 is 0 Å². The maximum absolute atomic E-state index is 13.3. The van der Waals surface area contributed by atoms with E-state index in [-0.39, 0.29) is 34.2 Å². The third-order valence-electron chi connectivity index (χ3n) is 5.62. The third kappa shape index (κ3) is 4.79. The summed E-state index contributed by atoms with van der Waals surface area (Å²) in [5.74, 6) is -0.767. The molecule has 0 bridgehead atoms. The highest BCUT2D eigenvalue weighted by atomic mass is 32.2. The van der Waals surface area contributed by atoms with Gasteiger partial charge in [0.2, 0.25) is 5.91 Å². The quantitative estimate of drug-likeness (QED) is 0.762. The summed E-state index contributed by atoms with van der Waals surface area (Å²) in [6, 6.07) is 13.1. The van der Waals surface area contributed by atoms with Crippen molar-refractivity contribution in [2.24, 2.45) is 0 Å². The van der Waals surface area contributed by atoms with Crippen molar-refractivity contribution < 1.29 is 17.6 Å². The zero-order valence-electron chi connectivity index (χ0n) is 16.1. The van der Waals surface area contributed by atoms with Gasteiger partial charge in [-0.2, -0.15) is 0 Å². The predicted molar refractivity (Wildman–Crippen MR) is 107 cm³/mol. The Hall–Kier alpha value is -2.21. The fourth-order valence-electron chi connectivity index (χ4n) is 3.87. The van der Waals surface area contributed by atoms with Gasteiger partial charge in [0.15, 0.2) is 9.84 Å². The Morgan fingerprint density at radius 1 is 1.04 bits per heavy atom. The van der Waals surface area contributed by atoms with Gasteiger partial charge in [0, 0.05) is 18.4 Å². The van der Waals surface area contributed by atoms with Crippen molar-refractivity contribution in [2.45, 2.75) is 49.3 Å². The van der Waals surface area contributed by atoms with Gasteiger partial charge < -0.3 is 5.32 Å². The van der Waals surface area contributed by atoms with Crippen molar-refractivity contribution in [3.05, 3.63) is 65.5 Å². The van der Waals surface area contributed by atoms with Gasteiger partial charge >= 0.3 is 0 Å². The van der Waals surface area contributed by atoms with E-state index < -0.39 is 9.84 Å². The Bertz CT molecular complexity index is 915. The molecule has 0 saturated heterocycles. The third-order valence-corrected chi connectivity index (χ3v) is 7.35. The van der Waals surface area contributed by atoms with Crippen LogP contribution in [0.4, 0.5) is 4.39 Å². The van der Waals surface area contributed by atoms with Crippen molar-refractivity contribution in [2.75, 3.05) is 12.3 Å². The lowest BCUT2D eigenvalue weighted by Crippen LogP contribution is -2.39. The molecule has 6 heteroatoms. The molecule has 1 saturated carbocycles. The van der Waals surface area contributed by atoms with Crippen LogP contribution in [0.3, 0.4) is 0 Å². The molecule has 1 N–H and O–H groups in total. The monoisotopic (exact) mass is 403 g/mol. The van der Waals surface area contributed by atoms with Gasteiger partial charge in [0.25, 0.3) is 0 Å². The molecule has 0 heterocycles. The van der Waals surface area contributed by atoms with E-state index in [9.17, 15) is 17.6 Å². The van der Waals surface area contributed by atoms with Gasteiger partial charge in [-0.1, -0.05) is 42.7 Å². The van der Waals surface area contributed by atoms with Crippen LogP contribution in [0.15, 0.2) is 53.4 Å². The smallest absolute Gasteiger partial charge is 0.221 e. The van der Waals surface area contributed by atoms with Crippen LogP contribution in [-0.4, -0.2) is 26.6 Å². The van der Waals surface area contributed by atoms with E-state index in [0.717, 1.165) is 36.8 Å². The molecule has 1 aliphatic rings. The minimum atomic E-state index is -3.48. The van der Waals surface area contributed by atoms with E-state index in [1.807, 2.05) is 6.92 Å². The zero-order valence-corrected chi connectivity index (χ0v) is 16.9.